The summed E-state index contributed by atoms with van der Waals surface area (Å²) in [6.07, 6.45) is 4.76. The molecule has 18 heavy (non-hydrogen) atoms. The predicted molar refractivity (Wildman–Crippen MR) is 68.7 cm³/mol. The first-order chi connectivity index (χ1) is 8.72. The van der Waals surface area contributed by atoms with Gasteiger partial charge in [0.15, 0.2) is 0 Å². The number of carbonyl (C=O) groups excluding carboxylic acids is 2. The molecule has 0 spiro atoms. The average Bonchev–Trinajstić information content (AvgIpc) is 2.62. The largest absolute Gasteiger partial charge is 0.354 e. The van der Waals surface area contributed by atoms with E-state index < -0.39 is 0 Å². The van der Waals surface area contributed by atoms with Gasteiger partial charge in [-0.2, -0.15) is 0 Å². The number of carbonyl (C=O) groups is 2. The van der Waals surface area contributed by atoms with Crippen molar-refractivity contribution in [3.05, 3.63) is 0 Å². The standard InChI is InChI=1S/C13H23N3O2/c14-9-10-3-1-2-4-11(10)13(18)16-7-5-12(17)15-6-8-16/h10-11H,1-9,14H2,(H,15,17). The molecule has 2 amide bonds. The molecule has 2 fully saturated rings. The van der Waals surface area contributed by atoms with Crippen LogP contribution in [-0.4, -0.2) is 42.9 Å². The Balaban J connectivity index is 1.98. The van der Waals surface area contributed by atoms with E-state index in [0.29, 0.717) is 38.5 Å². The first-order valence-electron chi connectivity index (χ1n) is 6.98. The molecule has 1 aliphatic heterocycles. The van der Waals surface area contributed by atoms with Gasteiger partial charge >= 0.3 is 0 Å². The van der Waals surface area contributed by atoms with Crippen LogP contribution in [0.4, 0.5) is 0 Å². The quantitative estimate of drug-likeness (QED) is 0.733. The molecule has 1 heterocycles. The number of nitrogens with zero attached hydrogens (tertiary/aromatic N) is 1. The van der Waals surface area contributed by atoms with Crippen molar-refractivity contribution in [2.24, 2.45) is 17.6 Å². The summed E-state index contributed by atoms with van der Waals surface area (Å²) in [4.78, 5) is 25.6. The second-order valence-corrected chi connectivity index (χ2v) is 5.31. The van der Waals surface area contributed by atoms with Crippen LogP contribution in [0, 0.1) is 11.8 Å². The van der Waals surface area contributed by atoms with E-state index in [1.807, 2.05) is 4.90 Å². The lowest BCUT2D eigenvalue weighted by Gasteiger charge is -2.33. The van der Waals surface area contributed by atoms with Gasteiger partial charge in [0.2, 0.25) is 11.8 Å². The van der Waals surface area contributed by atoms with Crippen molar-refractivity contribution >= 4 is 11.8 Å². The summed E-state index contributed by atoms with van der Waals surface area (Å²) in [6.45, 7) is 2.36. The van der Waals surface area contributed by atoms with Crippen molar-refractivity contribution in [3.63, 3.8) is 0 Å². The minimum atomic E-state index is 0.0457. The summed E-state index contributed by atoms with van der Waals surface area (Å²) in [5.74, 6) is 0.668. The molecule has 0 radical (unpaired) electrons. The molecule has 0 bridgehead atoms. The van der Waals surface area contributed by atoms with Crippen LogP contribution in [0.2, 0.25) is 0 Å². The topological polar surface area (TPSA) is 75.4 Å². The van der Waals surface area contributed by atoms with Crippen molar-refractivity contribution in [2.75, 3.05) is 26.2 Å². The van der Waals surface area contributed by atoms with Crippen LogP contribution in [0.3, 0.4) is 0 Å². The highest BCUT2D eigenvalue weighted by molar-refractivity contribution is 5.81. The number of amides is 2. The molecular weight excluding hydrogens is 230 g/mol. The molecule has 5 nitrogen and oxygen atoms in total. The van der Waals surface area contributed by atoms with E-state index in [1.165, 1.54) is 6.42 Å². The maximum absolute atomic E-state index is 12.5. The molecular formula is C13H23N3O2. The monoisotopic (exact) mass is 253 g/mol. The Bertz CT molecular complexity index is 319. The number of nitrogens with two attached hydrogens (primary N) is 1. The zero-order valence-electron chi connectivity index (χ0n) is 10.9. The van der Waals surface area contributed by atoms with Crippen LogP contribution in [-0.2, 0) is 9.59 Å². The van der Waals surface area contributed by atoms with Crippen molar-refractivity contribution in [1.29, 1.82) is 0 Å². The van der Waals surface area contributed by atoms with Gasteiger partial charge in [0, 0.05) is 32.0 Å². The molecule has 3 N–H and O–H groups in total. The van der Waals surface area contributed by atoms with Gasteiger partial charge in [-0.1, -0.05) is 12.8 Å². The third-order valence-corrected chi connectivity index (χ3v) is 4.15. The second kappa shape index (κ2) is 6.18. The van der Waals surface area contributed by atoms with Gasteiger partial charge in [0.05, 0.1) is 0 Å². The lowest BCUT2D eigenvalue weighted by atomic mass is 9.78. The maximum Gasteiger partial charge on any atom is 0.226 e. The van der Waals surface area contributed by atoms with Crippen LogP contribution in [0.25, 0.3) is 0 Å². The van der Waals surface area contributed by atoms with Crippen molar-refractivity contribution < 1.29 is 9.59 Å². The van der Waals surface area contributed by atoms with Crippen LogP contribution in [0.15, 0.2) is 0 Å². The zero-order valence-corrected chi connectivity index (χ0v) is 10.9. The number of nitrogens with one attached hydrogen (secondary N) is 1. The van der Waals surface area contributed by atoms with Crippen molar-refractivity contribution in [3.8, 4) is 0 Å². The Morgan fingerprint density at radius 2 is 2.11 bits per heavy atom. The van der Waals surface area contributed by atoms with E-state index in [9.17, 15) is 9.59 Å². The molecule has 2 aliphatic rings. The Labute approximate surface area is 108 Å². The van der Waals surface area contributed by atoms with E-state index in [-0.39, 0.29) is 17.7 Å². The summed E-state index contributed by atoms with van der Waals surface area (Å²) in [6, 6.07) is 0. The molecule has 102 valence electrons. The van der Waals surface area contributed by atoms with E-state index in [4.69, 9.17) is 5.73 Å². The molecule has 2 unspecified atom stereocenters. The lowest BCUT2D eigenvalue weighted by molar-refractivity contribution is -0.138. The average molecular weight is 253 g/mol. The van der Waals surface area contributed by atoms with Gasteiger partial charge in [-0.05, 0) is 25.3 Å². The summed E-state index contributed by atoms with van der Waals surface area (Å²) < 4.78 is 0. The highest BCUT2D eigenvalue weighted by atomic mass is 16.2. The summed E-state index contributed by atoms with van der Waals surface area (Å²) in [5.41, 5.74) is 5.78. The normalized spacial score (nSPS) is 29.6. The minimum Gasteiger partial charge on any atom is -0.354 e. The summed E-state index contributed by atoms with van der Waals surface area (Å²) in [5, 5.41) is 2.80. The van der Waals surface area contributed by atoms with Gasteiger partial charge in [-0.3, -0.25) is 9.59 Å². The smallest absolute Gasteiger partial charge is 0.226 e. The van der Waals surface area contributed by atoms with Crippen LogP contribution >= 0.6 is 0 Å². The maximum atomic E-state index is 12.5. The SMILES string of the molecule is NCC1CCCCC1C(=O)N1CCNC(=O)CC1. The zero-order chi connectivity index (χ0) is 13.0. The highest BCUT2D eigenvalue weighted by Crippen LogP contribution is 2.30. The highest BCUT2D eigenvalue weighted by Gasteiger charge is 2.33. The molecule has 2 atom stereocenters. The molecule has 0 aromatic carbocycles. The summed E-state index contributed by atoms with van der Waals surface area (Å²) >= 11 is 0. The molecule has 1 aliphatic carbocycles. The fourth-order valence-corrected chi connectivity index (χ4v) is 3.04. The van der Waals surface area contributed by atoms with E-state index >= 15 is 0 Å². The Morgan fingerprint density at radius 1 is 1.33 bits per heavy atom. The van der Waals surface area contributed by atoms with E-state index in [2.05, 4.69) is 5.32 Å². The minimum absolute atomic E-state index is 0.0457. The molecule has 0 aromatic heterocycles. The van der Waals surface area contributed by atoms with Crippen LogP contribution in [0.5, 0.6) is 0 Å². The Morgan fingerprint density at radius 3 is 2.89 bits per heavy atom. The Kier molecular flexibility index (Phi) is 4.58. The second-order valence-electron chi connectivity index (χ2n) is 5.31. The van der Waals surface area contributed by atoms with Crippen LogP contribution in [0.1, 0.15) is 32.1 Å². The molecule has 1 saturated heterocycles. The predicted octanol–water partition coefficient (Wildman–Crippen LogP) is 0.100. The van der Waals surface area contributed by atoms with E-state index in [1.54, 1.807) is 0 Å². The van der Waals surface area contributed by atoms with Gasteiger partial charge in [0.25, 0.3) is 0 Å². The first-order valence-corrected chi connectivity index (χ1v) is 6.98. The third kappa shape index (κ3) is 3.02. The molecule has 0 aromatic rings. The molecule has 5 heteroatoms. The number of hydrogen-bond acceptors (Lipinski definition) is 3. The van der Waals surface area contributed by atoms with Crippen molar-refractivity contribution in [1.82, 2.24) is 10.2 Å². The van der Waals surface area contributed by atoms with Crippen LogP contribution < -0.4 is 11.1 Å². The molecule has 2 rings (SSSR count). The van der Waals surface area contributed by atoms with Gasteiger partial charge < -0.3 is 16.0 Å². The third-order valence-electron chi connectivity index (χ3n) is 4.15. The summed E-state index contributed by atoms with van der Waals surface area (Å²) in [7, 11) is 0. The van der Waals surface area contributed by atoms with Gasteiger partial charge in [-0.15, -0.1) is 0 Å². The van der Waals surface area contributed by atoms with Gasteiger partial charge in [0.1, 0.15) is 0 Å². The number of hydrogen-bond donors (Lipinski definition) is 2. The Hall–Kier alpha value is -1.10. The fourth-order valence-electron chi connectivity index (χ4n) is 3.04. The lowest BCUT2D eigenvalue weighted by Crippen LogP contribution is -2.43. The first kappa shape index (κ1) is 13.3. The molecule has 1 saturated carbocycles. The number of rotatable bonds is 2. The van der Waals surface area contributed by atoms with E-state index in [0.717, 1.165) is 19.3 Å². The van der Waals surface area contributed by atoms with Crippen molar-refractivity contribution in [2.45, 2.75) is 32.1 Å². The van der Waals surface area contributed by atoms with Gasteiger partial charge in [-0.25, -0.2) is 0 Å². The fraction of sp³-hybridized carbons (Fsp3) is 0.846.